The van der Waals surface area contributed by atoms with Crippen LogP contribution in [0.3, 0.4) is 0 Å². The first kappa shape index (κ1) is 20.6. The van der Waals surface area contributed by atoms with E-state index in [4.69, 9.17) is 21.1 Å². The van der Waals surface area contributed by atoms with Gasteiger partial charge in [0.15, 0.2) is 17.6 Å². The normalized spacial score (nSPS) is 10.8. The molecule has 4 rings (SSSR count). The van der Waals surface area contributed by atoms with Gasteiger partial charge in [0.2, 0.25) is 0 Å². The highest BCUT2D eigenvalue weighted by Crippen LogP contribution is 2.26. The Morgan fingerprint density at radius 2 is 1.87 bits per heavy atom. The van der Waals surface area contributed by atoms with Crippen molar-refractivity contribution in [2.45, 2.75) is 6.54 Å². The zero-order chi connectivity index (χ0) is 21.8. The number of fused-ring (bicyclic) bond motifs is 1. The second kappa shape index (κ2) is 9.01. The number of hydrogen-bond acceptors (Lipinski definition) is 7. The van der Waals surface area contributed by atoms with Crippen molar-refractivity contribution in [1.29, 1.82) is 0 Å². The SMILES string of the molecule is COC(=O)COc1cccc(-c2nc(Cl)c3nn(Cc4ccc(OC)cc4)cc3n2)c1. The molecule has 2 aromatic carbocycles. The smallest absolute Gasteiger partial charge is 0.343 e. The lowest BCUT2D eigenvalue weighted by Gasteiger charge is -2.06. The van der Waals surface area contributed by atoms with Crippen molar-refractivity contribution >= 4 is 28.6 Å². The summed E-state index contributed by atoms with van der Waals surface area (Å²) in [5, 5.41) is 4.77. The van der Waals surface area contributed by atoms with Crippen molar-refractivity contribution in [2.24, 2.45) is 0 Å². The topological polar surface area (TPSA) is 88.4 Å². The largest absolute Gasteiger partial charge is 0.497 e. The molecule has 0 bridgehead atoms. The number of halogens is 1. The van der Waals surface area contributed by atoms with Crippen LogP contribution in [0.5, 0.6) is 11.5 Å². The van der Waals surface area contributed by atoms with E-state index in [0.717, 1.165) is 11.3 Å². The summed E-state index contributed by atoms with van der Waals surface area (Å²) in [6, 6.07) is 14.9. The van der Waals surface area contributed by atoms with Crippen molar-refractivity contribution in [1.82, 2.24) is 19.7 Å². The highest BCUT2D eigenvalue weighted by molar-refractivity contribution is 6.33. The minimum Gasteiger partial charge on any atom is -0.497 e. The first-order valence-corrected chi connectivity index (χ1v) is 9.77. The molecule has 0 radical (unpaired) electrons. The summed E-state index contributed by atoms with van der Waals surface area (Å²) in [5.74, 6) is 1.27. The van der Waals surface area contributed by atoms with Gasteiger partial charge >= 0.3 is 5.97 Å². The molecular weight excluding hydrogens is 420 g/mol. The molecule has 4 aromatic rings. The van der Waals surface area contributed by atoms with Crippen LogP contribution in [-0.2, 0) is 16.1 Å². The van der Waals surface area contributed by atoms with Gasteiger partial charge in [0.25, 0.3) is 0 Å². The molecule has 0 aliphatic carbocycles. The second-order valence-electron chi connectivity index (χ2n) is 6.64. The fourth-order valence-electron chi connectivity index (χ4n) is 2.98. The molecule has 0 saturated carbocycles. The van der Waals surface area contributed by atoms with E-state index in [1.54, 1.807) is 30.0 Å². The third-order valence-electron chi connectivity index (χ3n) is 4.55. The van der Waals surface area contributed by atoms with Gasteiger partial charge in [-0.1, -0.05) is 35.9 Å². The van der Waals surface area contributed by atoms with Gasteiger partial charge in [0, 0.05) is 5.56 Å². The lowest BCUT2D eigenvalue weighted by Crippen LogP contribution is -2.12. The summed E-state index contributed by atoms with van der Waals surface area (Å²) in [6.07, 6.45) is 1.83. The standard InChI is InChI=1S/C22H19ClN4O4/c1-29-16-8-6-14(7-9-16)11-27-12-18-20(26-27)21(23)25-22(24-18)15-4-3-5-17(10-15)31-13-19(28)30-2/h3-10,12H,11,13H2,1-2H3. The average molecular weight is 439 g/mol. The van der Waals surface area contributed by atoms with Crippen LogP contribution in [0, 0.1) is 0 Å². The number of esters is 1. The number of aromatic nitrogens is 4. The van der Waals surface area contributed by atoms with Gasteiger partial charge in [-0.2, -0.15) is 5.10 Å². The Morgan fingerprint density at radius 3 is 2.61 bits per heavy atom. The molecule has 158 valence electrons. The Bertz CT molecular complexity index is 1220. The lowest BCUT2D eigenvalue weighted by molar-refractivity contribution is -0.142. The fraction of sp³-hybridized carbons (Fsp3) is 0.182. The molecule has 2 aromatic heterocycles. The van der Waals surface area contributed by atoms with Crippen molar-refractivity contribution in [3.8, 4) is 22.9 Å². The maximum absolute atomic E-state index is 11.3. The van der Waals surface area contributed by atoms with Crippen LogP contribution in [0.25, 0.3) is 22.4 Å². The van der Waals surface area contributed by atoms with Gasteiger partial charge in [-0.3, -0.25) is 4.68 Å². The highest BCUT2D eigenvalue weighted by atomic mass is 35.5. The summed E-state index contributed by atoms with van der Waals surface area (Å²) in [7, 11) is 2.94. The number of rotatable bonds is 7. The van der Waals surface area contributed by atoms with Crippen LogP contribution in [0.2, 0.25) is 5.15 Å². The molecule has 8 nitrogen and oxygen atoms in total. The first-order valence-electron chi connectivity index (χ1n) is 9.39. The fourth-order valence-corrected chi connectivity index (χ4v) is 3.19. The molecule has 0 spiro atoms. The third-order valence-corrected chi connectivity index (χ3v) is 4.81. The van der Waals surface area contributed by atoms with Gasteiger partial charge in [-0.15, -0.1) is 0 Å². The Morgan fingerprint density at radius 1 is 1.06 bits per heavy atom. The van der Waals surface area contributed by atoms with Crippen LogP contribution in [-0.4, -0.2) is 46.5 Å². The van der Waals surface area contributed by atoms with Gasteiger partial charge in [-0.05, 0) is 29.8 Å². The highest BCUT2D eigenvalue weighted by Gasteiger charge is 2.13. The summed E-state index contributed by atoms with van der Waals surface area (Å²) in [5.41, 5.74) is 2.92. The Hall–Kier alpha value is -3.65. The zero-order valence-electron chi connectivity index (χ0n) is 16.9. The van der Waals surface area contributed by atoms with Gasteiger partial charge in [-0.25, -0.2) is 14.8 Å². The summed E-state index contributed by atoms with van der Waals surface area (Å²) in [4.78, 5) is 20.3. The van der Waals surface area contributed by atoms with E-state index in [0.29, 0.717) is 34.7 Å². The Labute approximate surface area is 183 Å². The summed E-state index contributed by atoms with van der Waals surface area (Å²) in [6.45, 7) is 0.377. The molecule has 0 N–H and O–H groups in total. The molecule has 0 aliphatic rings. The van der Waals surface area contributed by atoms with Gasteiger partial charge in [0.1, 0.15) is 22.5 Å². The quantitative estimate of drug-likeness (QED) is 0.320. The van der Waals surface area contributed by atoms with Crippen LogP contribution < -0.4 is 9.47 Å². The monoisotopic (exact) mass is 438 g/mol. The molecule has 0 atom stereocenters. The zero-order valence-corrected chi connectivity index (χ0v) is 17.7. The number of ether oxygens (including phenoxy) is 3. The third kappa shape index (κ3) is 4.75. The van der Waals surface area contributed by atoms with Crippen molar-refractivity contribution in [3.63, 3.8) is 0 Å². The number of carbonyl (C=O) groups excluding carboxylic acids is 1. The number of hydrogen-bond donors (Lipinski definition) is 0. The number of nitrogens with zero attached hydrogens (tertiary/aromatic N) is 4. The molecule has 31 heavy (non-hydrogen) atoms. The van der Waals surface area contributed by atoms with Crippen LogP contribution in [0.1, 0.15) is 5.56 Å². The van der Waals surface area contributed by atoms with E-state index in [1.165, 1.54) is 7.11 Å². The van der Waals surface area contributed by atoms with Crippen LogP contribution in [0.15, 0.2) is 54.7 Å². The van der Waals surface area contributed by atoms with Gasteiger partial charge in [0.05, 0.1) is 27.0 Å². The van der Waals surface area contributed by atoms with E-state index in [2.05, 4.69) is 19.8 Å². The summed E-state index contributed by atoms with van der Waals surface area (Å²) >= 11 is 6.39. The first-order chi connectivity index (χ1) is 15.1. The van der Waals surface area contributed by atoms with Crippen LogP contribution >= 0.6 is 11.6 Å². The van der Waals surface area contributed by atoms with Crippen molar-refractivity contribution < 1.29 is 19.0 Å². The molecule has 0 amide bonds. The van der Waals surface area contributed by atoms with E-state index in [1.807, 2.05) is 36.5 Å². The van der Waals surface area contributed by atoms with Gasteiger partial charge < -0.3 is 14.2 Å². The van der Waals surface area contributed by atoms with E-state index in [-0.39, 0.29) is 11.8 Å². The average Bonchev–Trinajstić information content (AvgIpc) is 3.21. The molecule has 2 heterocycles. The minimum absolute atomic E-state index is 0.182. The molecular formula is C22H19ClN4O4. The molecule has 9 heteroatoms. The maximum atomic E-state index is 11.3. The number of methoxy groups -OCH3 is 2. The van der Waals surface area contributed by atoms with E-state index < -0.39 is 5.97 Å². The minimum atomic E-state index is -0.463. The Kier molecular flexibility index (Phi) is 5.99. The molecule has 0 aliphatic heterocycles. The summed E-state index contributed by atoms with van der Waals surface area (Å²) < 4.78 is 17.0. The maximum Gasteiger partial charge on any atom is 0.343 e. The van der Waals surface area contributed by atoms with Crippen molar-refractivity contribution in [3.05, 3.63) is 65.4 Å². The Balaban J connectivity index is 1.59. The number of benzene rings is 2. The molecule has 0 saturated heterocycles. The van der Waals surface area contributed by atoms with E-state index in [9.17, 15) is 4.79 Å². The predicted octanol–water partition coefficient (Wildman–Crippen LogP) is 3.76. The lowest BCUT2D eigenvalue weighted by atomic mass is 10.2. The molecule has 0 unspecified atom stereocenters. The second-order valence-corrected chi connectivity index (χ2v) is 7.00. The van der Waals surface area contributed by atoms with Crippen LogP contribution in [0.4, 0.5) is 0 Å². The molecule has 0 fully saturated rings. The predicted molar refractivity (Wildman–Crippen MR) is 115 cm³/mol. The van der Waals surface area contributed by atoms with Crippen molar-refractivity contribution in [2.75, 3.05) is 20.8 Å². The number of carbonyl (C=O) groups is 1. The van der Waals surface area contributed by atoms with E-state index >= 15 is 0 Å².